The van der Waals surface area contributed by atoms with Gasteiger partial charge in [-0.1, -0.05) is 32.9 Å². The summed E-state index contributed by atoms with van der Waals surface area (Å²) in [5, 5.41) is 9.82. The van der Waals surface area contributed by atoms with Crippen molar-refractivity contribution < 1.29 is 5.11 Å². The van der Waals surface area contributed by atoms with Crippen LogP contribution in [0.15, 0.2) is 12.2 Å². The van der Waals surface area contributed by atoms with Crippen LogP contribution in [0.5, 0.6) is 0 Å². The molecule has 1 heteroatoms. The molecule has 0 heterocycles. The van der Waals surface area contributed by atoms with E-state index in [4.69, 9.17) is 0 Å². The zero-order valence-electron chi connectivity index (χ0n) is 8.33. The first-order valence-electron chi connectivity index (χ1n) is 4.96. The lowest BCUT2D eigenvalue weighted by Gasteiger charge is -2.28. The maximum absolute atomic E-state index is 9.82. The molecule has 3 atom stereocenters. The molecule has 12 heavy (non-hydrogen) atoms. The Bertz CT molecular complexity index is 160. The molecule has 0 aromatic heterocycles. The Balaban J connectivity index is 2.51. The van der Waals surface area contributed by atoms with Crippen molar-refractivity contribution in [1.82, 2.24) is 0 Å². The minimum atomic E-state index is -0.149. The van der Waals surface area contributed by atoms with Gasteiger partial charge in [-0.3, -0.25) is 0 Å². The second-order valence-corrected chi connectivity index (χ2v) is 4.40. The van der Waals surface area contributed by atoms with E-state index in [1.54, 1.807) is 0 Å². The van der Waals surface area contributed by atoms with Gasteiger partial charge in [0, 0.05) is 5.92 Å². The molecule has 0 saturated carbocycles. The fourth-order valence-corrected chi connectivity index (χ4v) is 1.87. The lowest BCUT2D eigenvalue weighted by molar-refractivity contribution is 0.0717. The molecule has 0 aromatic rings. The first kappa shape index (κ1) is 9.79. The van der Waals surface area contributed by atoms with E-state index in [9.17, 15) is 5.11 Å². The Morgan fingerprint density at radius 3 is 2.58 bits per heavy atom. The molecular formula is C11H20O. The van der Waals surface area contributed by atoms with Gasteiger partial charge in [-0.25, -0.2) is 0 Å². The topological polar surface area (TPSA) is 20.2 Å². The number of hydrogen-bond donors (Lipinski definition) is 1. The summed E-state index contributed by atoms with van der Waals surface area (Å²) < 4.78 is 0. The number of rotatable bonds is 2. The first-order valence-corrected chi connectivity index (χ1v) is 4.96. The van der Waals surface area contributed by atoms with Gasteiger partial charge < -0.3 is 5.11 Å². The number of aliphatic hydroxyl groups is 1. The van der Waals surface area contributed by atoms with E-state index in [0.717, 1.165) is 12.3 Å². The smallest absolute Gasteiger partial charge is 0.0625 e. The lowest BCUT2D eigenvalue weighted by atomic mass is 9.81. The normalized spacial score (nSPS) is 32.4. The Labute approximate surface area is 75.5 Å². The second kappa shape index (κ2) is 4.08. The summed E-state index contributed by atoms with van der Waals surface area (Å²) >= 11 is 0. The third kappa shape index (κ3) is 2.34. The summed E-state index contributed by atoms with van der Waals surface area (Å²) in [6, 6.07) is 0. The van der Waals surface area contributed by atoms with Gasteiger partial charge in [-0.15, -0.1) is 0 Å². The fraction of sp³-hybridized carbons (Fsp3) is 0.818. The first-order chi connectivity index (χ1) is 5.61. The van der Waals surface area contributed by atoms with Crippen LogP contribution in [0, 0.1) is 17.8 Å². The molecule has 0 aliphatic heterocycles. The summed E-state index contributed by atoms with van der Waals surface area (Å²) in [5.41, 5.74) is 0. The Morgan fingerprint density at radius 2 is 2.08 bits per heavy atom. The molecule has 0 unspecified atom stereocenters. The molecule has 0 radical (unpaired) electrons. The highest BCUT2D eigenvalue weighted by Gasteiger charge is 2.23. The maximum Gasteiger partial charge on any atom is 0.0625 e. The van der Waals surface area contributed by atoms with E-state index >= 15 is 0 Å². The highest BCUT2D eigenvalue weighted by molar-refractivity contribution is 4.98. The fourth-order valence-electron chi connectivity index (χ4n) is 1.87. The van der Waals surface area contributed by atoms with E-state index in [0.29, 0.717) is 11.8 Å². The molecule has 1 nitrogen and oxygen atoms in total. The van der Waals surface area contributed by atoms with Crippen LogP contribution in [0.3, 0.4) is 0 Å². The third-order valence-corrected chi connectivity index (χ3v) is 2.72. The Morgan fingerprint density at radius 1 is 1.42 bits per heavy atom. The molecule has 0 spiro atoms. The molecule has 70 valence electrons. The molecule has 0 fully saturated rings. The predicted molar refractivity (Wildman–Crippen MR) is 51.9 cm³/mol. The standard InChI is InChI=1S/C11H20O/c1-8(2)11(12)10-6-4-5-9(3)7-10/h4,6,8-12H,5,7H2,1-3H3/t9-,10+,11-/m0/s1. The highest BCUT2D eigenvalue weighted by atomic mass is 16.3. The SMILES string of the molecule is CC(C)[C@H](O)[C@@H]1C=CC[C@H](C)C1. The van der Waals surface area contributed by atoms with Crippen LogP contribution in [0.1, 0.15) is 33.6 Å². The molecule has 0 aromatic carbocycles. The van der Waals surface area contributed by atoms with Crippen molar-refractivity contribution >= 4 is 0 Å². The quantitative estimate of drug-likeness (QED) is 0.628. The Hall–Kier alpha value is -0.300. The minimum Gasteiger partial charge on any atom is -0.392 e. The van der Waals surface area contributed by atoms with Crippen LogP contribution in [0.4, 0.5) is 0 Å². The van der Waals surface area contributed by atoms with E-state index in [2.05, 4.69) is 32.9 Å². The van der Waals surface area contributed by atoms with Gasteiger partial charge in [0.25, 0.3) is 0 Å². The zero-order valence-corrected chi connectivity index (χ0v) is 8.33. The van der Waals surface area contributed by atoms with Crippen LogP contribution in [-0.4, -0.2) is 11.2 Å². The summed E-state index contributed by atoms with van der Waals surface area (Å²) in [7, 11) is 0. The largest absolute Gasteiger partial charge is 0.392 e. The number of hydrogen-bond acceptors (Lipinski definition) is 1. The van der Waals surface area contributed by atoms with Crippen molar-refractivity contribution in [2.45, 2.75) is 39.7 Å². The van der Waals surface area contributed by atoms with Crippen LogP contribution in [0.2, 0.25) is 0 Å². The second-order valence-electron chi connectivity index (χ2n) is 4.40. The summed E-state index contributed by atoms with van der Waals surface area (Å²) in [4.78, 5) is 0. The maximum atomic E-state index is 9.82. The number of aliphatic hydroxyl groups excluding tert-OH is 1. The van der Waals surface area contributed by atoms with Crippen molar-refractivity contribution in [3.05, 3.63) is 12.2 Å². The van der Waals surface area contributed by atoms with Crippen molar-refractivity contribution in [2.24, 2.45) is 17.8 Å². The molecule has 1 N–H and O–H groups in total. The van der Waals surface area contributed by atoms with Crippen molar-refractivity contribution in [3.63, 3.8) is 0 Å². The van der Waals surface area contributed by atoms with Gasteiger partial charge in [0.05, 0.1) is 6.10 Å². The molecule has 0 bridgehead atoms. The van der Waals surface area contributed by atoms with Gasteiger partial charge >= 0.3 is 0 Å². The van der Waals surface area contributed by atoms with Gasteiger partial charge in [-0.05, 0) is 24.7 Å². The molecule has 1 aliphatic rings. The average Bonchev–Trinajstić information content (AvgIpc) is 2.03. The third-order valence-electron chi connectivity index (χ3n) is 2.72. The van der Waals surface area contributed by atoms with Crippen LogP contribution in [-0.2, 0) is 0 Å². The predicted octanol–water partition coefficient (Wildman–Crippen LogP) is 2.61. The summed E-state index contributed by atoms with van der Waals surface area (Å²) in [6.07, 6.45) is 6.58. The molecular weight excluding hydrogens is 148 g/mol. The molecule has 0 saturated heterocycles. The van der Waals surface area contributed by atoms with E-state index < -0.39 is 0 Å². The van der Waals surface area contributed by atoms with Crippen LogP contribution >= 0.6 is 0 Å². The van der Waals surface area contributed by atoms with Gasteiger partial charge in [-0.2, -0.15) is 0 Å². The Kier molecular flexibility index (Phi) is 3.33. The number of allylic oxidation sites excluding steroid dienone is 1. The van der Waals surface area contributed by atoms with Crippen molar-refractivity contribution in [2.75, 3.05) is 0 Å². The minimum absolute atomic E-state index is 0.149. The van der Waals surface area contributed by atoms with E-state index in [-0.39, 0.29) is 6.10 Å². The monoisotopic (exact) mass is 168 g/mol. The molecule has 1 rings (SSSR count). The van der Waals surface area contributed by atoms with Crippen molar-refractivity contribution in [3.8, 4) is 0 Å². The highest BCUT2D eigenvalue weighted by Crippen LogP contribution is 2.27. The van der Waals surface area contributed by atoms with E-state index in [1.165, 1.54) is 6.42 Å². The van der Waals surface area contributed by atoms with Crippen LogP contribution < -0.4 is 0 Å². The van der Waals surface area contributed by atoms with E-state index in [1.807, 2.05) is 0 Å². The summed E-state index contributed by atoms with van der Waals surface area (Å²) in [6.45, 7) is 6.42. The zero-order chi connectivity index (χ0) is 9.14. The average molecular weight is 168 g/mol. The van der Waals surface area contributed by atoms with Crippen molar-refractivity contribution in [1.29, 1.82) is 0 Å². The molecule has 1 aliphatic carbocycles. The van der Waals surface area contributed by atoms with Crippen LogP contribution in [0.25, 0.3) is 0 Å². The van der Waals surface area contributed by atoms with Gasteiger partial charge in [0.2, 0.25) is 0 Å². The lowest BCUT2D eigenvalue weighted by Crippen LogP contribution is -2.27. The molecule has 0 amide bonds. The van der Waals surface area contributed by atoms with Gasteiger partial charge in [0.15, 0.2) is 0 Å². The van der Waals surface area contributed by atoms with Gasteiger partial charge in [0.1, 0.15) is 0 Å². The summed E-state index contributed by atoms with van der Waals surface area (Å²) in [5.74, 6) is 1.52.